The third-order valence-electron chi connectivity index (χ3n) is 4.29. The lowest BCUT2D eigenvalue weighted by atomic mass is 9.73. The Bertz CT molecular complexity index is 184. The van der Waals surface area contributed by atoms with Crippen molar-refractivity contribution in [3.8, 4) is 0 Å². The third kappa shape index (κ3) is 4.26. The van der Waals surface area contributed by atoms with Gasteiger partial charge in [-0.05, 0) is 32.2 Å². The predicted molar refractivity (Wildman–Crippen MR) is 74.4 cm³/mol. The standard InChI is InChI=1S/C15H31NO/c1-4-6-7-8-9-11-14(16-5-2)15(17-3)12-10-13-15/h14,16H,4-13H2,1-3H3. The molecule has 0 spiro atoms. The molecule has 1 unspecified atom stereocenters. The van der Waals surface area contributed by atoms with Crippen LogP contribution in [0.3, 0.4) is 0 Å². The summed E-state index contributed by atoms with van der Waals surface area (Å²) in [5, 5.41) is 3.64. The maximum Gasteiger partial charge on any atom is 0.0831 e. The molecule has 1 aliphatic rings. The van der Waals surface area contributed by atoms with Crippen LogP contribution in [-0.2, 0) is 4.74 Å². The number of nitrogens with one attached hydrogen (secondary N) is 1. The molecule has 0 amide bonds. The largest absolute Gasteiger partial charge is 0.377 e. The minimum absolute atomic E-state index is 0.167. The first-order chi connectivity index (χ1) is 8.29. The molecule has 0 aromatic rings. The van der Waals surface area contributed by atoms with Crippen LogP contribution in [0, 0.1) is 0 Å². The number of methoxy groups -OCH3 is 1. The second kappa shape index (κ2) is 8.10. The first-order valence-electron chi connectivity index (χ1n) is 7.57. The highest BCUT2D eigenvalue weighted by atomic mass is 16.5. The Morgan fingerprint density at radius 3 is 2.29 bits per heavy atom. The highest BCUT2D eigenvalue weighted by molar-refractivity contribution is 4.99. The molecule has 102 valence electrons. The number of ether oxygens (including phenoxy) is 1. The van der Waals surface area contributed by atoms with Crippen molar-refractivity contribution in [3.05, 3.63) is 0 Å². The van der Waals surface area contributed by atoms with Crippen LogP contribution in [0.25, 0.3) is 0 Å². The van der Waals surface area contributed by atoms with E-state index in [9.17, 15) is 0 Å². The van der Waals surface area contributed by atoms with E-state index >= 15 is 0 Å². The number of likely N-dealkylation sites (N-methyl/N-ethyl adjacent to an activating group) is 1. The van der Waals surface area contributed by atoms with E-state index in [0.29, 0.717) is 6.04 Å². The summed E-state index contributed by atoms with van der Waals surface area (Å²) in [6.45, 7) is 5.53. The number of unbranched alkanes of at least 4 members (excludes halogenated alkanes) is 4. The smallest absolute Gasteiger partial charge is 0.0831 e. The van der Waals surface area contributed by atoms with Crippen LogP contribution < -0.4 is 5.32 Å². The molecule has 1 rings (SSSR count). The molecule has 1 aliphatic carbocycles. The van der Waals surface area contributed by atoms with Gasteiger partial charge < -0.3 is 10.1 Å². The van der Waals surface area contributed by atoms with Gasteiger partial charge in [-0.1, -0.05) is 46.0 Å². The van der Waals surface area contributed by atoms with Crippen LogP contribution in [0.2, 0.25) is 0 Å². The van der Waals surface area contributed by atoms with E-state index in [2.05, 4.69) is 19.2 Å². The summed E-state index contributed by atoms with van der Waals surface area (Å²) in [5.74, 6) is 0. The van der Waals surface area contributed by atoms with Crippen LogP contribution >= 0.6 is 0 Å². The summed E-state index contributed by atoms with van der Waals surface area (Å²) in [5.41, 5.74) is 0.167. The van der Waals surface area contributed by atoms with Gasteiger partial charge in [0.1, 0.15) is 0 Å². The van der Waals surface area contributed by atoms with Crippen molar-refractivity contribution >= 4 is 0 Å². The zero-order valence-corrected chi connectivity index (χ0v) is 12.1. The first kappa shape index (κ1) is 15.0. The molecular weight excluding hydrogens is 210 g/mol. The fourth-order valence-electron chi connectivity index (χ4n) is 2.97. The Hall–Kier alpha value is -0.0800. The van der Waals surface area contributed by atoms with Gasteiger partial charge in [-0.15, -0.1) is 0 Å². The quantitative estimate of drug-likeness (QED) is 0.586. The Balaban J connectivity index is 2.27. The highest BCUT2D eigenvalue weighted by Crippen LogP contribution is 2.39. The Labute approximate surface area is 108 Å². The minimum atomic E-state index is 0.167. The SMILES string of the molecule is CCCCCCCC(NCC)C1(OC)CCC1. The average molecular weight is 241 g/mol. The van der Waals surface area contributed by atoms with Gasteiger partial charge in [0.05, 0.1) is 5.60 Å². The molecule has 0 aromatic heterocycles. The summed E-state index contributed by atoms with van der Waals surface area (Å²) < 4.78 is 5.80. The van der Waals surface area contributed by atoms with Gasteiger partial charge in [-0.2, -0.15) is 0 Å². The molecule has 2 heteroatoms. The van der Waals surface area contributed by atoms with Crippen molar-refractivity contribution in [1.82, 2.24) is 5.32 Å². The molecule has 0 aromatic carbocycles. The highest BCUT2D eigenvalue weighted by Gasteiger charge is 2.43. The van der Waals surface area contributed by atoms with E-state index in [0.717, 1.165) is 6.54 Å². The molecule has 1 atom stereocenters. The molecule has 1 N–H and O–H groups in total. The number of hydrogen-bond acceptors (Lipinski definition) is 2. The van der Waals surface area contributed by atoms with E-state index in [-0.39, 0.29) is 5.60 Å². The van der Waals surface area contributed by atoms with Crippen molar-refractivity contribution in [2.24, 2.45) is 0 Å². The molecule has 1 saturated carbocycles. The van der Waals surface area contributed by atoms with Gasteiger partial charge in [0.15, 0.2) is 0 Å². The van der Waals surface area contributed by atoms with Crippen molar-refractivity contribution in [1.29, 1.82) is 0 Å². The van der Waals surface area contributed by atoms with E-state index in [4.69, 9.17) is 4.74 Å². The Morgan fingerprint density at radius 1 is 1.12 bits per heavy atom. The van der Waals surface area contributed by atoms with Gasteiger partial charge in [0.25, 0.3) is 0 Å². The maximum atomic E-state index is 5.80. The van der Waals surface area contributed by atoms with Crippen LogP contribution in [0.4, 0.5) is 0 Å². The fourth-order valence-corrected chi connectivity index (χ4v) is 2.97. The van der Waals surface area contributed by atoms with Crippen molar-refractivity contribution < 1.29 is 4.74 Å². The van der Waals surface area contributed by atoms with Gasteiger partial charge in [0, 0.05) is 13.2 Å². The molecule has 0 aliphatic heterocycles. The zero-order valence-electron chi connectivity index (χ0n) is 12.1. The molecule has 1 fully saturated rings. The first-order valence-corrected chi connectivity index (χ1v) is 7.57. The summed E-state index contributed by atoms with van der Waals surface area (Å²) in [4.78, 5) is 0. The van der Waals surface area contributed by atoms with E-state index < -0.39 is 0 Å². The third-order valence-corrected chi connectivity index (χ3v) is 4.29. The van der Waals surface area contributed by atoms with Gasteiger partial charge >= 0.3 is 0 Å². The van der Waals surface area contributed by atoms with E-state index in [1.165, 1.54) is 57.8 Å². The summed E-state index contributed by atoms with van der Waals surface area (Å²) >= 11 is 0. The molecular formula is C15H31NO. The molecule has 0 heterocycles. The lowest BCUT2D eigenvalue weighted by molar-refractivity contribution is -0.1000. The Morgan fingerprint density at radius 2 is 1.82 bits per heavy atom. The second-order valence-electron chi connectivity index (χ2n) is 5.44. The lowest BCUT2D eigenvalue weighted by Gasteiger charge is -2.47. The normalized spacial score (nSPS) is 19.9. The molecule has 2 nitrogen and oxygen atoms in total. The fraction of sp³-hybridized carbons (Fsp3) is 1.00. The van der Waals surface area contributed by atoms with Gasteiger partial charge in [-0.3, -0.25) is 0 Å². The second-order valence-corrected chi connectivity index (χ2v) is 5.44. The van der Waals surface area contributed by atoms with Gasteiger partial charge in [0.2, 0.25) is 0 Å². The predicted octanol–water partition coefficient (Wildman–Crippen LogP) is 3.89. The maximum absolute atomic E-state index is 5.80. The average Bonchev–Trinajstić information content (AvgIpc) is 2.28. The van der Waals surface area contributed by atoms with E-state index in [1.807, 2.05) is 7.11 Å². The van der Waals surface area contributed by atoms with E-state index in [1.54, 1.807) is 0 Å². The Kier molecular flexibility index (Phi) is 7.14. The summed E-state index contributed by atoms with van der Waals surface area (Å²) in [6.07, 6.45) is 12.0. The minimum Gasteiger partial charge on any atom is -0.377 e. The zero-order chi connectivity index (χ0) is 12.6. The lowest BCUT2D eigenvalue weighted by Crippen LogP contribution is -2.56. The van der Waals surface area contributed by atoms with Crippen molar-refractivity contribution in [2.45, 2.75) is 83.3 Å². The van der Waals surface area contributed by atoms with Crippen molar-refractivity contribution in [2.75, 3.05) is 13.7 Å². The molecule has 17 heavy (non-hydrogen) atoms. The van der Waals surface area contributed by atoms with Gasteiger partial charge in [-0.25, -0.2) is 0 Å². The summed E-state index contributed by atoms with van der Waals surface area (Å²) in [6, 6.07) is 0.577. The molecule has 0 bridgehead atoms. The number of rotatable bonds is 10. The van der Waals surface area contributed by atoms with Crippen LogP contribution in [0.5, 0.6) is 0 Å². The summed E-state index contributed by atoms with van der Waals surface area (Å²) in [7, 11) is 1.89. The van der Waals surface area contributed by atoms with Crippen LogP contribution in [0.15, 0.2) is 0 Å². The number of hydrogen-bond donors (Lipinski definition) is 1. The van der Waals surface area contributed by atoms with Crippen LogP contribution in [0.1, 0.15) is 71.6 Å². The monoisotopic (exact) mass is 241 g/mol. The van der Waals surface area contributed by atoms with Crippen molar-refractivity contribution in [3.63, 3.8) is 0 Å². The molecule has 0 saturated heterocycles. The molecule has 0 radical (unpaired) electrons. The van der Waals surface area contributed by atoms with Crippen LogP contribution in [-0.4, -0.2) is 25.3 Å². The topological polar surface area (TPSA) is 21.3 Å².